The van der Waals surface area contributed by atoms with Crippen molar-refractivity contribution < 1.29 is 18.6 Å². The minimum absolute atomic E-state index is 0.106. The zero-order valence-electron chi connectivity index (χ0n) is 8.41. The van der Waals surface area contributed by atoms with Gasteiger partial charge in [0.2, 0.25) is 7.37 Å². The summed E-state index contributed by atoms with van der Waals surface area (Å²) in [6, 6.07) is 0. The average molecular weight is 208 g/mol. The van der Waals surface area contributed by atoms with Crippen molar-refractivity contribution >= 4 is 13.3 Å². The van der Waals surface area contributed by atoms with Crippen molar-refractivity contribution in [3.63, 3.8) is 0 Å². The van der Waals surface area contributed by atoms with Gasteiger partial charge in [0.05, 0.1) is 13.2 Å². The second-order valence-corrected chi connectivity index (χ2v) is 5.35. The molecule has 0 heterocycles. The van der Waals surface area contributed by atoms with E-state index in [9.17, 15) is 9.36 Å². The fraction of sp³-hybridized carbons (Fsp3) is 0.875. The first-order valence-corrected chi connectivity index (χ1v) is 6.45. The Balaban J connectivity index is 4.10. The predicted molar refractivity (Wildman–Crippen MR) is 51.3 cm³/mol. The number of rotatable bonds is 6. The van der Waals surface area contributed by atoms with E-state index in [4.69, 9.17) is 9.26 Å². The van der Waals surface area contributed by atoms with Crippen molar-refractivity contribution in [3.8, 4) is 0 Å². The molecule has 0 amide bonds. The lowest BCUT2D eigenvalue weighted by atomic mass is 10.8. The van der Waals surface area contributed by atoms with Gasteiger partial charge in [0.25, 0.3) is 0 Å². The summed E-state index contributed by atoms with van der Waals surface area (Å²) in [4.78, 5) is 11.0. The van der Waals surface area contributed by atoms with Gasteiger partial charge in [0.15, 0.2) is 0 Å². The summed E-state index contributed by atoms with van der Waals surface area (Å²) < 4.78 is 21.5. The number of hydrogen-bond donors (Lipinski definition) is 0. The summed E-state index contributed by atoms with van der Waals surface area (Å²) >= 11 is 0. The quantitative estimate of drug-likeness (QED) is 0.494. The zero-order chi connectivity index (χ0) is 10.3. The largest absolute Gasteiger partial charge is 0.466 e. The van der Waals surface area contributed by atoms with Gasteiger partial charge in [-0.05, 0) is 13.8 Å². The summed E-state index contributed by atoms with van der Waals surface area (Å²) in [5.74, 6) is -0.443. The lowest BCUT2D eigenvalue weighted by Gasteiger charge is -2.14. The molecule has 5 heteroatoms. The van der Waals surface area contributed by atoms with Crippen LogP contribution >= 0.6 is 7.37 Å². The fourth-order valence-electron chi connectivity index (χ4n) is 0.887. The van der Waals surface area contributed by atoms with Crippen molar-refractivity contribution in [2.75, 3.05) is 25.5 Å². The Hall–Kier alpha value is -0.340. The van der Waals surface area contributed by atoms with E-state index in [1.807, 2.05) is 0 Å². The Kier molecular flexibility index (Phi) is 6.00. The first kappa shape index (κ1) is 12.7. The Labute approximate surface area is 79.1 Å². The summed E-state index contributed by atoms with van der Waals surface area (Å²) in [6.45, 7) is 5.90. The average Bonchev–Trinajstić information content (AvgIpc) is 2.05. The van der Waals surface area contributed by atoms with E-state index in [0.29, 0.717) is 19.4 Å². The van der Waals surface area contributed by atoms with Crippen molar-refractivity contribution in [1.82, 2.24) is 0 Å². The van der Waals surface area contributed by atoms with Gasteiger partial charge in [-0.1, -0.05) is 6.92 Å². The number of esters is 1. The molecule has 4 nitrogen and oxygen atoms in total. The van der Waals surface area contributed by atoms with Crippen LogP contribution in [0.5, 0.6) is 0 Å². The first-order chi connectivity index (χ1) is 6.08. The van der Waals surface area contributed by atoms with Crippen LogP contribution in [0.25, 0.3) is 0 Å². The minimum atomic E-state index is -2.76. The fourth-order valence-corrected chi connectivity index (χ4v) is 2.34. The second-order valence-electron chi connectivity index (χ2n) is 2.51. The molecule has 0 spiro atoms. The molecule has 78 valence electrons. The Morgan fingerprint density at radius 2 is 1.85 bits per heavy atom. The molecule has 0 N–H and O–H groups in total. The van der Waals surface area contributed by atoms with Gasteiger partial charge in [-0.3, -0.25) is 9.36 Å². The molecule has 0 aromatic rings. The van der Waals surface area contributed by atoms with Crippen molar-refractivity contribution in [2.24, 2.45) is 0 Å². The lowest BCUT2D eigenvalue weighted by molar-refractivity contribution is -0.140. The van der Waals surface area contributed by atoms with Crippen LogP contribution in [0.1, 0.15) is 20.8 Å². The molecule has 0 saturated heterocycles. The molecule has 0 aromatic carbocycles. The van der Waals surface area contributed by atoms with Crippen LogP contribution in [0.2, 0.25) is 0 Å². The predicted octanol–water partition coefficient (Wildman–Crippen LogP) is 1.88. The molecule has 0 saturated carbocycles. The monoisotopic (exact) mass is 208 g/mol. The third-order valence-electron chi connectivity index (χ3n) is 1.52. The molecule has 0 aliphatic heterocycles. The maximum atomic E-state index is 11.7. The number of ether oxygens (including phenoxy) is 1. The molecule has 1 unspecified atom stereocenters. The maximum Gasteiger partial charge on any atom is 0.315 e. The summed E-state index contributed by atoms with van der Waals surface area (Å²) in [7, 11) is -2.76. The van der Waals surface area contributed by atoms with E-state index in [0.717, 1.165) is 0 Å². The van der Waals surface area contributed by atoms with E-state index in [-0.39, 0.29) is 6.16 Å². The van der Waals surface area contributed by atoms with E-state index >= 15 is 0 Å². The number of carbonyl (C=O) groups is 1. The highest BCUT2D eigenvalue weighted by Crippen LogP contribution is 2.45. The molecular weight excluding hydrogens is 191 g/mol. The Morgan fingerprint density at radius 1 is 1.23 bits per heavy atom. The summed E-state index contributed by atoms with van der Waals surface area (Å²) in [5.41, 5.74) is 0. The molecule has 13 heavy (non-hydrogen) atoms. The summed E-state index contributed by atoms with van der Waals surface area (Å²) in [6.07, 6.45) is 0.269. The normalized spacial score (nSPS) is 15.0. The van der Waals surface area contributed by atoms with Crippen LogP contribution < -0.4 is 0 Å². The standard InChI is InChI=1S/C8H17O4P/c1-4-11-8(9)7-13(10,6-3)12-5-2/h4-7H2,1-3H3. The van der Waals surface area contributed by atoms with E-state index < -0.39 is 13.3 Å². The molecule has 0 radical (unpaired) electrons. The van der Waals surface area contributed by atoms with E-state index in [1.54, 1.807) is 20.8 Å². The van der Waals surface area contributed by atoms with Gasteiger partial charge in [0, 0.05) is 6.16 Å². The van der Waals surface area contributed by atoms with Crippen LogP contribution in [-0.4, -0.2) is 31.5 Å². The molecule has 0 rings (SSSR count). The Bertz CT molecular complexity index is 202. The van der Waals surface area contributed by atoms with Gasteiger partial charge < -0.3 is 9.26 Å². The molecule has 0 bridgehead atoms. The van der Waals surface area contributed by atoms with Gasteiger partial charge >= 0.3 is 5.97 Å². The minimum Gasteiger partial charge on any atom is -0.466 e. The maximum absolute atomic E-state index is 11.7. The molecule has 0 aliphatic rings. The molecule has 0 fully saturated rings. The van der Waals surface area contributed by atoms with Gasteiger partial charge in [0.1, 0.15) is 6.16 Å². The van der Waals surface area contributed by atoms with Crippen LogP contribution in [0.3, 0.4) is 0 Å². The molecule has 0 aromatic heterocycles. The zero-order valence-corrected chi connectivity index (χ0v) is 9.30. The number of hydrogen-bond acceptors (Lipinski definition) is 4. The van der Waals surface area contributed by atoms with Crippen LogP contribution in [-0.2, 0) is 18.6 Å². The second kappa shape index (κ2) is 6.17. The highest BCUT2D eigenvalue weighted by molar-refractivity contribution is 7.59. The SMILES string of the molecule is CCOC(=O)CP(=O)(CC)OCC. The van der Waals surface area contributed by atoms with Crippen LogP contribution in [0, 0.1) is 0 Å². The van der Waals surface area contributed by atoms with Gasteiger partial charge in [-0.2, -0.15) is 0 Å². The highest BCUT2D eigenvalue weighted by Gasteiger charge is 2.24. The first-order valence-electron chi connectivity index (χ1n) is 4.46. The number of carbonyl (C=O) groups excluding carboxylic acids is 1. The Morgan fingerprint density at radius 3 is 2.23 bits per heavy atom. The van der Waals surface area contributed by atoms with Gasteiger partial charge in [-0.15, -0.1) is 0 Å². The van der Waals surface area contributed by atoms with Gasteiger partial charge in [-0.25, -0.2) is 0 Å². The molecule has 0 aliphatic carbocycles. The lowest BCUT2D eigenvalue weighted by Crippen LogP contribution is -2.12. The molecular formula is C8H17O4P. The van der Waals surface area contributed by atoms with Crippen molar-refractivity contribution in [3.05, 3.63) is 0 Å². The highest BCUT2D eigenvalue weighted by atomic mass is 31.2. The smallest absolute Gasteiger partial charge is 0.315 e. The third kappa shape index (κ3) is 5.06. The molecule has 1 atom stereocenters. The third-order valence-corrected chi connectivity index (χ3v) is 3.95. The van der Waals surface area contributed by atoms with Crippen LogP contribution in [0.4, 0.5) is 0 Å². The van der Waals surface area contributed by atoms with Crippen LogP contribution in [0.15, 0.2) is 0 Å². The topological polar surface area (TPSA) is 52.6 Å². The van der Waals surface area contributed by atoms with E-state index in [2.05, 4.69) is 0 Å². The van der Waals surface area contributed by atoms with E-state index in [1.165, 1.54) is 0 Å². The van der Waals surface area contributed by atoms with Crippen molar-refractivity contribution in [2.45, 2.75) is 20.8 Å². The summed E-state index contributed by atoms with van der Waals surface area (Å²) in [5, 5.41) is 0. The van der Waals surface area contributed by atoms with Crippen molar-refractivity contribution in [1.29, 1.82) is 0 Å².